The van der Waals surface area contributed by atoms with E-state index in [4.69, 9.17) is 4.74 Å². The summed E-state index contributed by atoms with van der Waals surface area (Å²) in [5.41, 5.74) is 2.74. The Balaban J connectivity index is 1.77. The molecular weight excluding hydrogens is 380 g/mol. The van der Waals surface area contributed by atoms with Gasteiger partial charge in [0.15, 0.2) is 0 Å². The number of nitrogens with one attached hydrogen (secondary N) is 1. The number of benzene rings is 2. The average molecular weight is 400 g/mol. The number of hydrogen-bond acceptors (Lipinski definition) is 5. The van der Waals surface area contributed by atoms with Gasteiger partial charge in [0.1, 0.15) is 0 Å². The van der Waals surface area contributed by atoms with E-state index < -0.39 is 16.0 Å². The van der Waals surface area contributed by atoms with Crippen LogP contribution in [0, 0.1) is 0 Å². The van der Waals surface area contributed by atoms with E-state index in [0.29, 0.717) is 6.54 Å². The summed E-state index contributed by atoms with van der Waals surface area (Å²) in [5, 5.41) is 0. The summed E-state index contributed by atoms with van der Waals surface area (Å²) in [4.78, 5) is 26.3. The van der Waals surface area contributed by atoms with Crippen LogP contribution in [0.15, 0.2) is 41.3 Å². The Kier molecular flexibility index (Phi) is 4.38. The molecule has 1 amide bonds. The van der Waals surface area contributed by atoms with Crippen LogP contribution in [0.4, 0.5) is 11.4 Å². The predicted molar refractivity (Wildman–Crippen MR) is 104 cm³/mol. The fraction of sp³-hybridized carbons (Fsp3) is 0.300. The number of carbonyl (C=O) groups excluding carboxylic acids is 2. The molecule has 2 aliphatic heterocycles. The minimum Gasteiger partial charge on any atom is -0.465 e. The van der Waals surface area contributed by atoms with Gasteiger partial charge < -0.3 is 9.64 Å². The predicted octanol–water partition coefficient (Wildman–Crippen LogP) is 2.67. The molecule has 0 bridgehead atoms. The molecule has 146 valence electrons. The molecule has 0 aliphatic carbocycles. The Morgan fingerprint density at radius 3 is 2.75 bits per heavy atom. The lowest BCUT2D eigenvalue weighted by atomic mass is 9.97. The maximum Gasteiger partial charge on any atom is 0.339 e. The monoisotopic (exact) mass is 400 g/mol. The van der Waals surface area contributed by atoms with Crippen LogP contribution in [0.25, 0.3) is 0 Å². The highest BCUT2D eigenvalue weighted by atomic mass is 32.2. The van der Waals surface area contributed by atoms with Gasteiger partial charge in [-0.2, -0.15) is 0 Å². The number of sulfonamides is 1. The molecule has 2 aliphatic rings. The van der Waals surface area contributed by atoms with Crippen molar-refractivity contribution in [1.82, 2.24) is 0 Å². The SMILES string of the molecule is COC(=O)c1ccccc1NS(=O)(=O)c1cc2c3c(c1)[C@@H](C)C(=O)N3CCC2. The summed E-state index contributed by atoms with van der Waals surface area (Å²) in [7, 11) is -2.71. The fourth-order valence-corrected chi connectivity index (χ4v) is 5.05. The number of methoxy groups -OCH3 is 1. The zero-order valence-electron chi connectivity index (χ0n) is 15.6. The van der Waals surface area contributed by atoms with Crippen molar-refractivity contribution in [3.8, 4) is 0 Å². The van der Waals surface area contributed by atoms with Crippen molar-refractivity contribution in [2.75, 3.05) is 23.3 Å². The summed E-state index contributed by atoms with van der Waals surface area (Å²) >= 11 is 0. The molecular formula is C20H20N2O5S. The van der Waals surface area contributed by atoms with E-state index in [1.807, 2.05) is 0 Å². The molecule has 7 nitrogen and oxygen atoms in total. The van der Waals surface area contributed by atoms with Crippen molar-refractivity contribution in [1.29, 1.82) is 0 Å². The van der Waals surface area contributed by atoms with Crippen LogP contribution >= 0.6 is 0 Å². The van der Waals surface area contributed by atoms with E-state index in [-0.39, 0.29) is 28.0 Å². The summed E-state index contributed by atoms with van der Waals surface area (Å²) < 4.78 is 33.3. The summed E-state index contributed by atoms with van der Waals surface area (Å²) in [6.45, 7) is 2.46. The smallest absolute Gasteiger partial charge is 0.339 e. The lowest BCUT2D eigenvalue weighted by Crippen LogP contribution is -2.32. The minimum absolute atomic E-state index is 0.00879. The second-order valence-corrected chi connectivity index (χ2v) is 8.66. The Bertz CT molecular complexity index is 1090. The average Bonchev–Trinajstić information content (AvgIpc) is 2.94. The van der Waals surface area contributed by atoms with E-state index in [9.17, 15) is 18.0 Å². The van der Waals surface area contributed by atoms with Gasteiger partial charge in [-0.15, -0.1) is 0 Å². The van der Waals surface area contributed by atoms with Crippen LogP contribution in [0.1, 0.15) is 40.7 Å². The number of ether oxygens (including phenoxy) is 1. The first kappa shape index (κ1) is 18.5. The van der Waals surface area contributed by atoms with Gasteiger partial charge in [0, 0.05) is 6.54 Å². The molecule has 2 aromatic carbocycles. The number of anilines is 2. The van der Waals surface area contributed by atoms with Gasteiger partial charge >= 0.3 is 5.97 Å². The lowest BCUT2D eigenvalue weighted by Gasteiger charge is -2.26. The third-order valence-electron chi connectivity index (χ3n) is 5.28. The van der Waals surface area contributed by atoms with Crippen molar-refractivity contribution in [2.24, 2.45) is 0 Å². The van der Waals surface area contributed by atoms with Crippen LogP contribution in [0.3, 0.4) is 0 Å². The van der Waals surface area contributed by atoms with Gasteiger partial charge in [0.05, 0.1) is 34.9 Å². The first-order chi connectivity index (χ1) is 13.3. The van der Waals surface area contributed by atoms with Crippen LogP contribution < -0.4 is 9.62 Å². The van der Waals surface area contributed by atoms with Crippen molar-refractivity contribution in [3.05, 3.63) is 53.1 Å². The lowest BCUT2D eigenvalue weighted by molar-refractivity contribution is -0.119. The minimum atomic E-state index is -3.95. The van der Waals surface area contributed by atoms with Gasteiger partial charge in [-0.1, -0.05) is 12.1 Å². The highest BCUT2D eigenvalue weighted by Gasteiger charge is 2.39. The van der Waals surface area contributed by atoms with Gasteiger partial charge in [0.25, 0.3) is 10.0 Å². The molecule has 1 atom stereocenters. The molecule has 0 aromatic heterocycles. The first-order valence-corrected chi connectivity index (χ1v) is 10.5. The fourth-order valence-electron chi connectivity index (χ4n) is 3.88. The highest BCUT2D eigenvalue weighted by Crippen LogP contribution is 2.44. The second kappa shape index (κ2) is 6.63. The molecule has 0 spiro atoms. The number of carbonyl (C=O) groups is 2. The Morgan fingerprint density at radius 2 is 2.00 bits per heavy atom. The maximum absolute atomic E-state index is 13.1. The number of hydrogen-bond donors (Lipinski definition) is 1. The van der Waals surface area contributed by atoms with Crippen molar-refractivity contribution in [2.45, 2.75) is 30.6 Å². The van der Waals surface area contributed by atoms with Gasteiger partial charge in [0.2, 0.25) is 5.91 Å². The van der Waals surface area contributed by atoms with E-state index in [0.717, 1.165) is 29.7 Å². The Labute approximate surface area is 163 Å². The standard InChI is InChI=1S/C20H20N2O5S/c1-12-16-11-14(10-13-6-5-9-22(18(13)16)19(12)23)28(25,26)21-17-8-4-3-7-15(17)20(24)27-2/h3-4,7-8,10-12,21H,5-6,9H2,1-2H3/t12-/m1/s1. The molecule has 0 saturated carbocycles. The molecule has 0 radical (unpaired) electrons. The van der Waals surface area contributed by atoms with Crippen LogP contribution in [0.2, 0.25) is 0 Å². The summed E-state index contributed by atoms with van der Waals surface area (Å²) in [6.07, 6.45) is 1.52. The van der Waals surface area contributed by atoms with E-state index in [2.05, 4.69) is 4.72 Å². The van der Waals surface area contributed by atoms with E-state index in [1.54, 1.807) is 36.1 Å². The van der Waals surface area contributed by atoms with Crippen LogP contribution in [-0.4, -0.2) is 33.9 Å². The van der Waals surface area contributed by atoms with Gasteiger partial charge in [-0.05, 0) is 55.2 Å². The Morgan fingerprint density at radius 1 is 1.25 bits per heavy atom. The zero-order chi connectivity index (χ0) is 20.1. The van der Waals surface area contributed by atoms with Crippen LogP contribution in [0.5, 0.6) is 0 Å². The maximum atomic E-state index is 13.1. The van der Waals surface area contributed by atoms with E-state index in [1.165, 1.54) is 19.2 Å². The number of nitrogens with zero attached hydrogens (tertiary/aromatic N) is 1. The third-order valence-corrected chi connectivity index (χ3v) is 6.62. The third kappa shape index (κ3) is 2.84. The molecule has 4 rings (SSSR count). The van der Waals surface area contributed by atoms with Gasteiger partial charge in [-0.25, -0.2) is 13.2 Å². The largest absolute Gasteiger partial charge is 0.465 e. The Hall–Kier alpha value is -2.87. The first-order valence-electron chi connectivity index (χ1n) is 9.02. The van der Waals surface area contributed by atoms with Crippen molar-refractivity contribution >= 4 is 33.3 Å². The molecule has 2 aromatic rings. The quantitative estimate of drug-likeness (QED) is 0.797. The molecule has 0 unspecified atom stereocenters. The number of para-hydroxylation sites is 1. The summed E-state index contributed by atoms with van der Waals surface area (Å²) in [6, 6.07) is 9.46. The van der Waals surface area contributed by atoms with Crippen molar-refractivity contribution < 1.29 is 22.7 Å². The molecule has 2 heterocycles. The van der Waals surface area contributed by atoms with Crippen LogP contribution in [-0.2, 0) is 26.0 Å². The van der Waals surface area contributed by atoms with Gasteiger partial charge in [-0.3, -0.25) is 9.52 Å². The number of aryl methyl sites for hydroxylation is 1. The highest BCUT2D eigenvalue weighted by molar-refractivity contribution is 7.92. The number of amides is 1. The zero-order valence-corrected chi connectivity index (χ0v) is 16.4. The molecule has 0 fully saturated rings. The van der Waals surface area contributed by atoms with E-state index >= 15 is 0 Å². The second-order valence-electron chi connectivity index (χ2n) is 6.98. The molecule has 0 saturated heterocycles. The summed E-state index contributed by atoms with van der Waals surface area (Å²) in [5.74, 6) is -0.990. The number of esters is 1. The molecule has 8 heteroatoms. The molecule has 1 N–H and O–H groups in total. The number of rotatable bonds is 4. The molecule has 28 heavy (non-hydrogen) atoms. The normalized spacial score (nSPS) is 18.0. The van der Waals surface area contributed by atoms with Crippen molar-refractivity contribution in [3.63, 3.8) is 0 Å². The topological polar surface area (TPSA) is 92.8 Å².